The number of carbonyl (C=O) groups excluding carboxylic acids is 1. The van der Waals surface area contributed by atoms with Gasteiger partial charge in [-0.15, -0.1) is 5.10 Å². The summed E-state index contributed by atoms with van der Waals surface area (Å²) in [5, 5.41) is 12.5. The van der Waals surface area contributed by atoms with Gasteiger partial charge in [-0.2, -0.15) is 0 Å². The Morgan fingerprint density at radius 2 is 2.10 bits per heavy atom. The van der Waals surface area contributed by atoms with Crippen LogP contribution in [0.3, 0.4) is 0 Å². The number of Topliss-reactive ketones (excluding diaryl/α,β-unsaturated/α-hetero) is 1. The number of thioether (sulfide) groups is 1. The van der Waals surface area contributed by atoms with Gasteiger partial charge in [0.25, 0.3) is 0 Å². The van der Waals surface area contributed by atoms with Crippen LogP contribution in [-0.4, -0.2) is 49.0 Å². The minimum Gasteiger partial charge on any atom is -0.376 e. The van der Waals surface area contributed by atoms with Crippen molar-refractivity contribution < 1.29 is 13.9 Å². The zero-order valence-corrected chi connectivity index (χ0v) is 18.6. The van der Waals surface area contributed by atoms with Gasteiger partial charge in [0.2, 0.25) is 5.16 Å². The number of hydrogen-bond donors (Lipinski definition) is 0. The van der Waals surface area contributed by atoms with Crippen LogP contribution in [0.15, 0.2) is 35.5 Å². The molecule has 2 aromatic heterocycles. The quantitative estimate of drug-likeness (QED) is 0.371. The van der Waals surface area contributed by atoms with Gasteiger partial charge in [0.15, 0.2) is 5.78 Å². The lowest BCUT2D eigenvalue weighted by molar-refractivity contribution is 0.0912. The van der Waals surface area contributed by atoms with Crippen LogP contribution in [0.2, 0.25) is 0 Å². The van der Waals surface area contributed by atoms with Crippen LogP contribution >= 0.6 is 11.8 Å². The van der Waals surface area contributed by atoms with Crippen LogP contribution in [0, 0.1) is 19.7 Å². The third-order valence-corrected chi connectivity index (χ3v) is 6.60. The number of ether oxygens (including phenoxy) is 1. The maximum atomic E-state index is 13.1. The van der Waals surface area contributed by atoms with Crippen LogP contribution < -0.4 is 0 Å². The molecule has 3 heterocycles. The third kappa shape index (κ3) is 5.22. The van der Waals surface area contributed by atoms with Crippen molar-refractivity contribution in [2.75, 3.05) is 12.4 Å². The predicted molar refractivity (Wildman–Crippen MR) is 116 cm³/mol. The molecule has 1 atom stereocenters. The van der Waals surface area contributed by atoms with Crippen LogP contribution in [0.5, 0.6) is 0 Å². The van der Waals surface area contributed by atoms with Gasteiger partial charge in [-0.1, -0.05) is 23.9 Å². The molecule has 0 bridgehead atoms. The van der Waals surface area contributed by atoms with Gasteiger partial charge in [-0.25, -0.2) is 9.07 Å². The second-order valence-electron chi connectivity index (χ2n) is 7.80. The lowest BCUT2D eigenvalue weighted by Gasteiger charge is -2.10. The topological polar surface area (TPSA) is 74.8 Å². The highest BCUT2D eigenvalue weighted by molar-refractivity contribution is 7.99. The van der Waals surface area contributed by atoms with Crippen molar-refractivity contribution in [2.24, 2.45) is 0 Å². The number of tetrazole rings is 1. The van der Waals surface area contributed by atoms with Crippen molar-refractivity contribution >= 4 is 17.5 Å². The molecule has 0 amide bonds. The normalized spacial score (nSPS) is 16.2. The molecular weight excluding hydrogens is 417 g/mol. The fourth-order valence-electron chi connectivity index (χ4n) is 3.92. The van der Waals surface area contributed by atoms with Crippen molar-refractivity contribution in [3.05, 3.63) is 58.7 Å². The van der Waals surface area contributed by atoms with Crippen LogP contribution in [0.1, 0.15) is 40.2 Å². The summed E-state index contributed by atoms with van der Waals surface area (Å²) in [5.41, 5.74) is 3.78. The molecular formula is C22H26FN5O2S. The molecule has 1 aliphatic rings. The first kappa shape index (κ1) is 21.7. The van der Waals surface area contributed by atoms with Gasteiger partial charge in [0.1, 0.15) is 5.82 Å². The SMILES string of the molecule is Cc1cc(C(=O)CSc2nnnn2CC2CCCO2)c(C)n1CCc1ccc(F)cc1. The van der Waals surface area contributed by atoms with Gasteiger partial charge in [-0.05, 0) is 67.3 Å². The molecule has 1 aliphatic heterocycles. The zero-order chi connectivity index (χ0) is 21.8. The first-order valence-electron chi connectivity index (χ1n) is 10.5. The number of aryl methyl sites for hydroxylation is 2. The first-order chi connectivity index (χ1) is 15.0. The van der Waals surface area contributed by atoms with Crippen LogP contribution in [-0.2, 0) is 24.2 Å². The van der Waals surface area contributed by atoms with E-state index in [2.05, 4.69) is 20.1 Å². The van der Waals surface area contributed by atoms with Crippen molar-refractivity contribution in [3.63, 3.8) is 0 Å². The van der Waals surface area contributed by atoms with E-state index in [0.29, 0.717) is 11.7 Å². The summed E-state index contributed by atoms with van der Waals surface area (Å²) in [6.45, 7) is 6.11. The molecule has 9 heteroatoms. The lowest BCUT2D eigenvalue weighted by Crippen LogP contribution is -2.17. The van der Waals surface area contributed by atoms with Gasteiger partial charge in [0, 0.05) is 30.1 Å². The summed E-state index contributed by atoms with van der Waals surface area (Å²) >= 11 is 1.35. The zero-order valence-electron chi connectivity index (χ0n) is 17.8. The molecule has 0 aliphatic carbocycles. The maximum Gasteiger partial charge on any atom is 0.209 e. The summed E-state index contributed by atoms with van der Waals surface area (Å²) < 4.78 is 22.6. The lowest BCUT2D eigenvalue weighted by atomic mass is 10.1. The standard InChI is InChI=1S/C22H26FN5O2S/c1-15-12-20(16(2)27(15)10-9-17-5-7-18(23)8-6-17)21(29)14-31-22-24-25-26-28(22)13-19-4-3-11-30-19/h5-8,12,19H,3-4,9-11,13-14H2,1-2H3. The second kappa shape index (κ2) is 9.74. The number of nitrogens with zero attached hydrogens (tertiary/aromatic N) is 5. The minimum atomic E-state index is -0.232. The summed E-state index contributed by atoms with van der Waals surface area (Å²) in [4.78, 5) is 12.9. The van der Waals surface area contributed by atoms with E-state index in [1.54, 1.807) is 16.8 Å². The highest BCUT2D eigenvalue weighted by Crippen LogP contribution is 2.22. The number of ketones is 1. The molecule has 1 unspecified atom stereocenters. The number of benzene rings is 1. The second-order valence-corrected chi connectivity index (χ2v) is 8.75. The van der Waals surface area contributed by atoms with Crippen molar-refractivity contribution in [2.45, 2.75) is 57.5 Å². The molecule has 31 heavy (non-hydrogen) atoms. The molecule has 1 saturated heterocycles. The summed E-state index contributed by atoms with van der Waals surface area (Å²) in [5.74, 6) is 0.0933. The monoisotopic (exact) mass is 443 g/mol. The van der Waals surface area contributed by atoms with E-state index in [0.717, 1.165) is 54.9 Å². The Kier molecular flexibility index (Phi) is 6.82. The fraction of sp³-hybridized carbons (Fsp3) is 0.455. The molecule has 1 aromatic carbocycles. The predicted octanol–water partition coefficient (Wildman–Crippen LogP) is 3.63. The molecule has 3 aromatic rings. The highest BCUT2D eigenvalue weighted by Gasteiger charge is 2.21. The molecule has 1 fully saturated rings. The van der Waals surface area contributed by atoms with Crippen molar-refractivity contribution in [1.29, 1.82) is 0 Å². The number of carbonyl (C=O) groups is 1. The van der Waals surface area contributed by atoms with E-state index in [1.807, 2.05) is 19.9 Å². The van der Waals surface area contributed by atoms with Gasteiger partial charge >= 0.3 is 0 Å². The number of aromatic nitrogens is 5. The van der Waals surface area contributed by atoms with E-state index in [4.69, 9.17) is 4.74 Å². The van der Waals surface area contributed by atoms with E-state index >= 15 is 0 Å². The largest absolute Gasteiger partial charge is 0.376 e. The Labute approximate surface area is 185 Å². The average molecular weight is 444 g/mol. The summed E-state index contributed by atoms with van der Waals surface area (Å²) in [7, 11) is 0. The number of hydrogen-bond acceptors (Lipinski definition) is 6. The Morgan fingerprint density at radius 1 is 1.29 bits per heavy atom. The first-order valence-corrected chi connectivity index (χ1v) is 11.4. The van der Waals surface area contributed by atoms with Gasteiger partial charge in [-0.3, -0.25) is 4.79 Å². The van der Waals surface area contributed by atoms with Crippen molar-refractivity contribution in [3.8, 4) is 0 Å². The van der Waals surface area contributed by atoms with Gasteiger partial charge in [0.05, 0.1) is 18.4 Å². The fourth-order valence-corrected chi connectivity index (χ4v) is 4.69. The van der Waals surface area contributed by atoms with Gasteiger partial charge < -0.3 is 9.30 Å². The molecule has 4 rings (SSSR count). The molecule has 7 nitrogen and oxygen atoms in total. The van der Waals surface area contributed by atoms with E-state index in [-0.39, 0.29) is 23.5 Å². The Morgan fingerprint density at radius 3 is 2.84 bits per heavy atom. The van der Waals surface area contributed by atoms with E-state index < -0.39 is 0 Å². The minimum absolute atomic E-state index is 0.0535. The van der Waals surface area contributed by atoms with Crippen LogP contribution in [0.4, 0.5) is 4.39 Å². The van der Waals surface area contributed by atoms with Crippen molar-refractivity contribution in [1.82, 2.24) is 24.8 Å². The Bertz CT molecular complexity index is 1040. The smallest absolute Gasteiger partial charge is 0.209 e. The van der Waals surface area contributed by atoms with E-state index in [1.165, 1.54) is 23.9 Å². The summed E-state index contributed by atoms with van der Waals surface area (Å²) in [6.07, 6.45) is 2.98. The molecule has 0 N–H and O–H groups in total. The van der Waals surface area contributed by atoms with E-state index in [9.17, 15) is 9.18 Å². The van der Waals surface area contributed by atoms with Crippen LogP contribution in [0.25, 0.3) is 0 Å². The Balaban J connectivity index is 1.37. The number of halogens is 1. The summed E-state index contributed by atoms with van der Waals surface area (Å²) in [6, 6.07) is 8.49. The maximum absolute atomic E-state index is 13.1. The third-order valence-electron chi connectivity index (χ3n) is 5.64. The molecule has 0 radical (unpaired) electrons. The average Bonchev–Trinajstić information content (AvgIpc) is 3.49. The molecule has 0 spiro atoms. The highest BCUT2D eigenvalue weighted by atomic mass is 32.2. The molecule has 0 saturated carbocycles. The Hall–Kier alpha value is -2.52. The molecule has 164 valence electrons. The number of rotatable bonds is 9.